The van der Waals surface area contributed by atoms with E-state index in [0.29, 0.717) is 44.7 Å². The molecule has 1 atom stereocenters. The van der Waals surface area contributed by atoms with Gasteiger partial charge in [0.1, 0.15) is 0 Å². The van der Waals surface area contributed by atoms with Gasteiger partial charge >= 0.3 is 0 Å². The van der Waals surface area contributed by atoms with Gasteiger partial charge in [0, 0.05) is 51.0 Å². The molecule has 0 N–H and O–H groups in total. The first-order valence-corrected chi connectivity index (χ1v) is 13.6. The van der Waals surface area contributed by atoms with Crippen molar-refractivity contribution in [3.05, 3.63) is 35.4 Å². The van der Waals surface area contributed by atoms with Gasteiger partial charge in [0.2, 0.25) is 15.9 Å². The van der Waals surface area contributed by atoms with Crippen LogP contribution in [0.25, 0.3) is 0 Å². The van der Waals surface area contributed by atoms with Crippen LogP contribution in [0.5, 0.6) is 0 Å². The van der Waals surface area contributed by atoms with Gasteiger partial charge in [-0.3, -0.25) is 9.59 Å². The fourth-order valence-electron chi connectivity index (χ4n) is 6.20. The molecule has 0 aliphatic carbocycles. The van der Waals surface area contributed by atoms with Crippen LogP contribution in [0.2, 0.25) is 0 Å². The zero-order valence-corrected chi connectivity index (χ0v) is 20.2. The number of rotatable bonds is 4. The first kappa shape index (κ1) is 22.8. The minimum atomic E-state index is -3.52. The highest BCUT2D eigenvalue weighted by Gasteiger charge is 2.64. The van der Waals surface area contributed by atoms with E-state index in [-0.39, 0.29) is 30.9 Å². The zero-order chi connectivity index (χ0) is 23.4. The Bertz CT molecular complexity index is 1040. The lowest BCUT2D eigenvalue weighted by molar-refractivity contribution is -0.140. The standard InChI is InChI=1S/C24H33N3O5S/c1-17(2)27-22(28)20-8-4-3-7-19(20)21(23(29)25-11-5-6-12-25)24(27)15-26(16-24)33(30,31)18-9-13-32-14-10-18/h3-4,7-8,17-18,21H,5-6,9-16H2,1-2H3. The third kappa shape index (κ3) is 3.51. The van der Waals surface area contributed by atoms with Crippen LogP contribution in [0.3, 0.4) is 0 Å². The summed E-state index contributed by atoms with van der Waals surface area (Å²) in [5, 5.41) is -0.463. The molecule has 2 amide bonds. The third-order valence-electron chi connectivity index (χ3n) is 7.77. The van der Waals surface area contributed by atoms with Gasteiger partial charge in [-0.2, -0.15) is 4.31 Å². The van der Waals surface area contributed by atoms with Crippen LogP contribution in [-0.2, 0) is 19.6 Å². The molecule has 4 aliphatic rings. The Balaban J connectivity index is 1.56. The molecule has 4 heterocycles. The van der Waals surface area contributed by atoms with Gasteiger partial charge < -0.3 is 14.5 Å². The predicted molar refractivity (Wildman–Crippen MR) is 123 cm³/mol. The Morgan fingerprint density at radius 2 is 1.73 bits per heavy atom. The smallest absolute Gasteiger partial charge is 0.254 e. The summed E-state index contributed by atoms with van der Waals surface area (Å²) >= 11 is 0. The van der Waals surface area contributed by atoms with Crippen LogP contribution in [0.1, 0.15) is 61.4 Å². The second-order valence-corrected chi connectivity index (χ2v) is 12.3. The van der Waals surface area contributed by atoms with Crippen molar-refractivity contribution in [1.82, 2.24) is 14.1 Å². The van der Waals surface area contributed by atoms with Crippen LogP contribution in [0, 0.1) is 0 Å². The number of likely N-dealkylation sites (tertiary alicyclic amines) is 1. The Hall–Kier alpha value is -1.97. The van der Waals surface area contributed by atoms with E-state index < -0.39 is 26.7 Å². The molecular weight excluding hydrogens is 442 g/mol. The molecule has 0 bridgehead atoms. The van der Waals surface area contributed by atoms with Gasteiger partial charge in [0.05, 0.1) is 16.7 Å². The number of fused-ring (bicyclic) bond motifs is 1. The van der Waals surface area contributed by atoms with Gasteiger partial charge in [-0.15, -0.1) is 0 Å². The molecule has 8 nitrogen and oxygen atoms in total. The average Bonchev–Trinajstić information content (AvgIpc) is 3.32. The highest BCUT2D eigenvalue weighted by molar-refractivity contribution is 7.89. The minimum absolute atomic E-state index is 0.0150. The number of hydrogen-bond donors (Lipinski definition) is 0. The molecule has 1 spiro atoms. The molecule has 3 saturated heterocycles. The van der Waals surface area contributed by atoms with Crippen LogP contribution in [-0.4, -0.2) is 90.6 Å². The monoisotopic (exact) mass is 475 g/mol. The second kappa shape index (κ2) is 8.36. The molecule has 1 aromatic carbocycles. The number of hydrogen-bond acceptors (Lipinski definition) is 5. The minimum Gasteiger partial charge on any atom is -0.381 e. The summed E-state index contributed by atoms with van der Waals surface area (Å²) in [5.41, 5.74) is 0.428. The number of carbonyl (C=O) groups excluding carboxylic acids is 2. The van der Waals surface area contributed by atoms with Gasteiger partial charge in [-0.05, 0) is 51.2 Å². The van der Waals surface area contributed by atoms with E-state index in [0.717, 1.165) is 18.4 Å². The fourth-order valence-corrected chi connectivity index (χ4v) is 8.22. The highest BCUT2D eigenvalue weighted by atomic mass is 32.2. The Labute approximate surface area is 195 Å². The van der Waals surface area contributed by atoms with E-state index in [1.165, 1.54) is 4.31 Å². The van der Waals surface area contributed by atoms with Crippen molar-refractivity contribution in [2.75, 3.05) is 39.4 Å². The van der Waals surface area contributed by atoms with Gasteiger partial charge in [0.25, 0.3) is 5.91 Å². The molecule has 1 aromatic rings. The number of benzene rings is 1. The van der Waals surface area contributed by atoms with Crippen molar-refractivity contribution >= 4 is 21.8 Å². The lowest BCUT2D eigenvalue weighted by Gasteiger charge is -2.62. The van der Waals surface area contributed by atoms with E-state index in [1.54, 1.807) is 11.0 Å². The molecule has 9 heteroatoms. The molecule has 0 saturated carbocycles. The van der Waals surface area contributed by atoms with Gasteiger partial charge in [-0.25, -0.2) is 8.42 Å². The average molecular weight is 476 g/mol. The highest BCUT2D eigenvalue weighted by Crippen LogP contribution is 2.49. The second-order valence-electron chi connectivity index (χ2n) is 10.0. The Morgan fingerprint density at radius 3 is 2.36 bits per heavy atom. The Morgan fingerprint density at radius 1 is 1.09 bits per heavy atom. The lowest BCUT2D eigenvalue weighted by Crippen LogP contribution is -2.79. The van der Waals surface area contributed by atoms with Gasteiger partial charge in [-0.1, -0.05) is 18.2 Å². The summed E-state index contributed by atoms with van der Waals surface area (Å²) in [6.45, 7) is 6.54. The molecule has 4 aliphatic heterocycles. The van der Waals surface area contributed by atoms with E-state index in [1.807, 2.05) is 36.9 Å². The SMILES string of the molecule is CC(C)N1C(=O)c2ccccc2C(C(=O)N2CCCC2)C12CN(S(=O)(=O)C1CCOCC1)C2. The van der Waals surface area contributed by atoms with Crippen LogP contribution in [0.4, 0.5) is 0 Å². The Kier molecular flexibility index (Phi) is 5.77. The maximum Gasteiger partial charge on any atom is 0.254 e. The molecule has 3 fully saturated rings. The van der Waals surface area contributed by atoms with Crippen LogP contribution >= 0.6 is 0 Å². The summed E-state index contributed by atoms with van der Waals surface area (Å²) in [7, 11) is -3.52. The molecule has 180 valence electrons. The lowest BCUT2D eigenvalue weighted by atomic mass is 9.68. The molecule has 0 aromatic heterocycles. The van der Waals surface area contributed by atoms with Crippen molar-refractivity contribution in [1.29, 1.82) is 0 Å². The maximum atomic E-state index is 13.9. The summed E-state index contributed by atoms with van der Waals surface area (Å²) in [4.78, 5) is 31.2. The van der Waals surface area contributed by atoms with Crippen molar-refractivity contribution in [2.45, 2.75) is 62.3 Å². The number of ether oxygens (including phenoxy) is 1. The van der Waals surface area contributed by atoms with E-state index in [2.05, 4.69) is 0 Å². The van der Waals surface area contributed by atoms with Crippen molar-refractivity contribution in [2.24, 2.45) is 0 Å². The van der Waals surface area contributed by atoms with E-state index >= 15 is 0 Å². The molecule has 1 unspecified atom stereocenters. The van der Waals surface area contributed by atoms with E-state index in [4.69, 9.17) is 4.74 Å². The number of sulfonamides is 1. The maximum absolute atomic E-state index is 13.9. The molecule has 5 rings (SSSR count). The molecular formula is C24H33N3O5S. The zero-order valence-electron chi connectivity index (χ0n) is 19.4. The molecule has 33 heavy (non-hydrogen) atoms. The third-order valence-corrected chi connectivity index (χ3v) is 10.1. The topological polar surface area (TPSA) is 87.2 Å². The first-order valence-electron chi connectivity index (χ1n) is 12.1. The van der Waals surface area contributed by atoms with E-state index in [9.17, 15) is 18.0 Å². The molecule has 0 radical (unpaired) electrons. The van der Waals surface area contributed by atoms with Crippen LogP contribution in [0.15, 0.2) is 24.3 Å². The van der Waals surface area contributed by atoms with Crippen molar-refractivity contribution in [3.63, 3.8) is 0 Å². The fraction of sp³-hybridized carbons (Fsp3) is 0.667. The normalized spacial score (nSPS) is 26.0. The number of nitrogens with zero attached hydrogens (tertiary/aromatic N) is 3. The van der Waals surface area contributed by atoms with Crippen molar-refractivity contribution in [3.8, 4) is 0 Å². The first-order chi connectivity index (χ1) is 15.8. The van der Waals surface area contributed by atoms with Gasteiger partial charge in [0.15, 0.2) is 0 Å². The van der Waals surface area contributed by atoms with Crippen LogP contribution < -0.4 is 0 Å². The number of carbonyl (C=O) groups is 2. The predicted octanol–water partition coefficient (Wildman–Crippen LogP) is 1.82. The number of amides is 2. The summed E-state index contributed by atoms with van der Waals surface area (Å²) in [5.74, 6) is -0.663. The van der Waals surface area contributed by atoms with Crippen molar-refractivity contribution < 1.29 is 22.7 Å². The summed E-state index contributed by atoms with van der Waals surface area (Å²) in [6, 6.07) is 7.20. The largest absolute Gasteiger partial charge is 0.381 e. The summed E-state index contributed by atoms with van der Waals surface area (Å²) < 4.78 is 33.7. The quantitative estimate of drug-likeness (QED) is 0.663. The summed E-state index contributed by atoms with van der Waals surface area (Å²) in [6.07, 6.45) is 2.92.